The smallest absolute Gasteiger partial charge is 0.282 e. The Morgan fingerprint density at radius 1 is 1.11 bits per heavy atom. The number of aromatic nitrogens is 6. The standard InChI is InChI=1S/C22H24N10O3S/c1-13-12-24-17(36-13)19(34)30-9-7-29(8-10-30)18(33)14-4-2-6-31(14)21-26-20(23)32-22(27-21)25-16(28-32)15-5-3-11-35-15/h3,5,11-12,14H,2,4,6-10H2,1H3,(H2,23,25,26,27,28)/t14-/m0/s1. The summed E-state index contributed by atoms with van der Waals surface area (Å²) < 4.78 is 6.72. The lowest BCUT2D eigenvalue weighted by atomic mass is 10.1. The third kappa shape index (κ3) is 3.92. The van der Waals surface area contributed by atoms with Crippen molar-refractivity contribution in [3.05, 3.63) is 34.5 Å². The lowest BCUT2D eigenvalue weighted by molar-refractivity contribution is -0.133. The lowest BCUT2D eigenvalue weighted by Gasteiger charge is -2.37. The van der Waals surface area contributed by atoms with Crippen LogP contribution in [0, 0.1) is 6.92 Å². The van der Waals surface area contributed by atoms with Crippen molar-refractivity contribution in [3.63, 3.8) is 0 Å². The fraction of sp³-hybridized carbons (Fsp3) is 0.409. The molecule has 36 heavy (non-hydrogen) atoms. The summed E-state index contributed by atoms with van der Waals surface area (Å²) in [6.45, 7) is 4.44. The summed E-state index contributed by atoms with van der Waals surface area (Å²) in [5, 5.41) is 4.82. The van der Waals surface area contributed by atoms with Gasteiger partial charge in [-0.1, -0.05) is 0 Å². The van der Waals surface area contributed by atoms with Crippen LogP contribution in [0.15, 0.2) is 29.0 Å². The molecule has 0 aliphatic carbocycles. The Bertz CT molecular complexity index is 1420. The molecule has 2 aliphatic heterocycles. The van der Waals surface area contributed by atoms with E-state index >= 15 is 0 Å². The van der Waals surface area contributed by atoms with Gasteiger partial charge < -0.3 is 24.9 Å². The summed E-state index contributed by atoms with van der Waals surface area (Å²) in [5.74, 6) is 1.54. The number of anilines is 2. The van der Waals surface area contributed by atoms with Crippen LogP contribution in [0.3, 0.4) is 0 Å². The maximum absolute atomic E-state index is 13.5. The highest BCUT2D eigenvalue weighted by Crippen LogP contribution is 2.26. The van der Waals surface area contributed by atoms with Gasteiger partial charge in [-0.05, 0) is 31.9 Å². The van der Waals surface area contributed by atoms with Gasteiger partial charge in [0, 0.05) is 43.8 Å². The van der Waals surface area contributed by atoms with Gasteiger partial charge in [-0.2, -0.15) is 19.5 Å². The first kappa shape index (κ1) is 22.4. The Morgan fingerprint density at radius 3 is 2.64 bits per heavy atom. The number of thiazole rings is 1. The van der Waals surface area contributed by atoms with Crippen LogP contribution in [0.1, 0.15) is 27.5 Å². The number of aryl methyl sites for hydroxylation is 1. The SMILES string of the molecule is Cc1cnc(C(=O)N2CCN(C(=O)[C@@H]3CCCN3c3nc(N)n4nc(-c5ccco5)nc4n3)CC2)s1. The maximum Gasteiger partial charge on any atom is 0.282 e. The van der Waals surface area contributed by atoms with Crippen LogP contribution in [0.5, 0.6) is 0 Å². The number of fused-ring (bicyclic) bond motifs is 1. The van der Waals surface area contributed by atoms with Gasteiger partial charge in [0.1, 0.15) is 6.04 Å². The first-order valence-corrected chi connectivity index (χ1v) is 12.5. The monoisotopic (exact) mass is 508 g/mol. The fourth-order valence-corrected chi connectivity index (χ4v) is 5.36. The van der Waals surface area contributed by atoms with E-state index in [9.17, 15) is 9.59 Å². The maximum atomic E-state index is 13.5. The average molecular weight is 509 g/mol. The molecule has 0 radical (unpaired) electrons. The number of carbonyl (C=O) groups excluding carboxylic acids is 2. The van der Waals surface area contributed by atoms with E-state index < -0.39 is 6.04 Å². The van der Waals surface area contributed by atoms with E-state index in [0.717, 1.165) is 11.3 Å². The number of amides is 2. The molecule has 2 fully saturated rings. The predicted molar refractivity (Wildman–Crippen MR) is 130 cm³/mol. The van der Waals surface area contributed by atoms with Crippen LogP contribution < -0.4 is 10.6 Å². The van der Waals surface area contributed by atoms with Gasteiger partial charge in [0.05, 0.1) is 6.26 Å². The largest absolute Gasteiger partial charge is 0.461 e. The highest BCUT2D eigenvalue weighted by Gasteiger charge is 2.37. The van der Waals surface area contributed by atoms with Crippen molar-refractivity contribution in [1.29, 1.82) is 0 Å². The van der Waals surface area contributed by atoms with Crippen LogP contribution in [-0.2, 0) is 4.79 Å². The minimum absolute atomic E-state index is 0.00415. The molecule has 4 aromatic rings. The predicted octanol–water partition coefficient (Wildman–Crippen LogP) is 1.08. The molecule has 6 heterocycles. The Balaban J connectivity index is 1.17. The van der Waals surface area contributed by atoms with E-state index in [2.05, 4.69) is 25.0 Å². The van der Waals surface area contributed by atoms with Crippen LogP contribution in [0.2, 0.25) is 0 Å². The van der Waals surface area contributed by atoms with Crippen molar-refractivity contribution in [2.45, 2.75) is 25.8 Å². The number of furan rings is 1. The fourth-order valence-electron chi connectivity index (χ4n) is 4.63. The third-order valence-corrected chi connectivity index (χ3v) is 7.34. The summed E-state index contributed by atoms with van der Waals surface area (Å²) >= 11 is 1.39. The second-order valence-electron chi connectivity index (χ2n) is 8.75. The van der Waals surface area contributed by atoms with Crippen molar-refractivity contribution in [1.82, 2.24) is 39.3 Å². The molecular formula is C22H24N10O3S. The third-order valence-electron chi connectivity index (χ3n) is 6.44. The number of nitrogens with zero attached hydrogens (tertiary/aromatic N) is 9. The molecule has 0 unspecified atom stereocenters. The van der Waals surface area contributed by atoms with Gasteiger partial charge in [-0.25, -0.2) is 4.98 Å². The molecule has 2 amide bonds. The molecule has 186 valence electrons. The van der Waals surface area contributed by atoms with E-state index in [0.29, 0.717) is 61.7 Å². The zero-order valence-corrected chi connectivity index (χ0v) is 20.4. The van der Waals surface area contributed by atoms with Crippen LogP contribution in [-0.4, -0.2) is 89.9 Å². The van der Waals surface area contributed by atoms with Crippen molar-refractivity contribution < 1.29 is 14.0 Å². The molecule has 13 nitrogen and oxygen atoms in total. The van der Waals surface area contributed by atoms with Crippen molar-refractivity contribution in [3.8, 4) is 11.6 Å². The molecule has 2 N–H and O–H groups in total. The Hall–Kier alpha value is -4.07. The first-order valence-electron chi connectivity index (χ1n) is 11.7. The summed E-state index contributed by atoms with van der Waals surface area (Å²) in [6.07, 6.45) is 4.76. The molecule has 0 aromatic carbocycles. The molecule has 0 bridgehead atoms. The number of nitrogens with two attached hydrogens (primary N) is 1. The highest BCUT2D eigenvalue weighted by atomic mass is 32.1. The van der Waals surface area contributed by atoms with Crippen LogP contribution in [0.25, 0.3) is 17.4 Å². The molecular weight excluding hydrogens is 484 g/mol. The van der Waals surface area contributed by atoms with Gasteiger partial charge in [0.15, 0.2) is 10.8 Å². The van der Waals surface area contributed by atoms with E-state index in [1.165, 1.54) is 22.1 Å². The van der Waals surface area contributed by atoms with Gasteiger partial charge in [0.25, 0.3) is 11.7 Å². The molecule has 0 saturated carbocycles. The number of carbonyl (C=O) groups is 2. The second kappa shape index (κ2) is 8.86. The minimum Gasteiger partial charge on any atom is -0.461 e. The topological polar surface area (TPSA) is 152 Å². The molecule has 0 spiro atoms. The molecule has 14 heteroatoms. The van der Waals surface area contributed by atoms with E-state index in [-0.39, 0.29) is 23.5 Å². The first-order chi connectivity index (χ1) is 17.5. The highest BCUT2D eigenvalue weighted by molar-refractivity contribution is 7.13. The summed E-state index contributed by atoms with van der Waals surface area (Å²) in [4.78, 5) is 50.2. The molecule has 2 aliphatic rings. The number of hydrogen-bond acceptors (Lipinski definition) is 11. The van der Waals surface area contributed by atoms with Gasteiger partial charge in [0.2, 0.25) is 23.6 Å². The zero-order valence-electron chi connectivity index (χ0n) is 19.6. The minimum atomic E-state index is -0.400. The van der Waals surface area contributed by atoms with Crippen molar-refractivity contribution in [2.24, 2.45) is 0 Å². The average Bonchev–Trinajstić information content (AvgIpc) is 3.69. The van der Waals surface area contributed by atoms with Gasteiger partial charge >= 0.3 is 0 Å². The Kier molecular flexibility index (Phi) is 5.51. The van der Waals surface area contributed by atoms with Crippen molar-refractivity contribution >= 4 is 40.8 Å². The number of rotatable bonds is 4. The van der Waals surface area contributed by atoms with E-state index in [1.807, 2.05) is 16.7 Å². The Labute approximate surface area is 209 Å². The van der Waals surface area contributed by atoms with Crippen LogP contribution >= 0.6 is 11.3 Å². The number of piperazine rings is 1. The Morgan fingerprint density at radius 2 is 1.92 bits per heavy atom. The van der Waals surface area contributed by atoms with E-state index in [1.54, 1.807) is 23.2 Å². The molecule has 6 rings (SSSR count). The number of hydrogen-bond donors (Lipinski definition) is 1. The normalized spacial score (nSPS) is 18.4. The second-order valence-corrected chi connectivity index (χ2v) is 9.99. The quantitative estimate of drug-likeness (QED) is 0.424. The van der Waals surface area contributed by atoms with Crippen molar-refractivity contribution in [2.75, 3.05) is 43.4 Å². The molecule has 2 saturated heterocycles. The summed E-state index contributed by atoms with van der Waals surface area (Å²) in [5.41, 5.74) is 6.16. The summed E-state index contributed by atoms with van der Waals surface area (Å²) in [6, 6.07) is 3.10. The number of nitrogen functional groups attached to an aromatic ring is 1. The van der Waals surface area contributed by atoms with E-state index in [4.69, 9.17) is 10.2 Å². The molecule has 1 atom stereocenters. The zero-order chi connectivity index (χ0) is 24.8. The van der Waals surface area contributed by atoms with Gasteiger partial charge in [-0.3, -0.25) is 9.59 Å². The lowest BCUT2D eigenvalue weighted by Crippen LogP contribution is -2.55. The molecule has 4 aromatic heterocycles. The summed E-state index contributed by atoms with van der Waals surface area (Å²) in [7, 11) is 0. The van der Waals surface area contributed by atoms with Crippen LogP contribution in [0.4, 0.5) is 11.9 Å². The van der Waals surface area contributed by atoms with Gasteiger partial charge in [-0.15, -0.1) is 16.4 Å².